The molecule has 5 atom stereocenters. The fourth-order valence-corrected chi connectivity index (χ4v) is 13.8. The van der Waals surface area contributed by atoms with Crippen molar-refractivity contribution in [3.8, 4) is 0 Å². The Balaban J connectivity index is 0.000000163. The molecule has 0 radical (unpaired) electrons. The number of Topliss-reactive ketones (excluding diaryl/α,β-unsaturated/α-hetero) is 2. The van der Waals surface area contributed by atoms with Crippen molar-refractivity contribution in [3.05, 3.63) is 180 Å². The summed E-state index contributed by atoms with van der Waals surface area (Å²) < 4.78 is 17.3. The Hall–Kier alpha value is -12.9. The summed E-state index contributed by atoms with van der Waals surface area (Å²) in [5.74, 6) is 2.00. The number of ether oxygens (including phenoxy) is 2. The number of nitrogens with zero attached hydrogens (tertiary/aromatic N) is 20. The average Bonchev–Trinajstić information content (AvgIpc) is 1.63. The van der Waals surface area contributed by atoms with Crippen molar-refractivity contribution in [2.24, 2.45) is 5.90 Å². The van der Waals surface area contributed by atoms with Crippen LogP contribution in [0.5, 0.6) is 0 Å². The van der Waals surface area contributed by atoms with Gasteiger partial charge in [0.1, 0.15) is 24.6 Å². The number of nitrogens with two attached hydrogens (primary N) is 1. The predicted octanol–water partition coefficient (Wildman–Crippen LogP) is 1.97. The largest absolute Gasteiger partial charge is 0.478 e. The number of nitrogens with one attached hydrogen (secondary N) is 5. The van der Waals surface area contributed by atoms with Gasteiger partial charge in [-0.1, -0.05) is 18.2 Å². The minimum absolute atomic E-state index is 0.0122. The van der Waals surface area contributed by atoms with Crippen molar-refractivity contribution >= 4 is 111 Å². The molecule has 16 heterocycles. The summed E-state index contributed by atoms with van der Waals surface area (Å²) in [5, 5.41) is 41.0. The molecule has 5 fully saturated rings. The molecule has 0 spiro atoms. The van der Waals surface area contributed by atoms with E-state index >= 15 is 0 Å². The Morgan fingerprint density at radius 1 is 0.512 bits per heavy atom. The van der Waals surface area contributed by atoms with Crippen molar-refractivity contribution in [1.29, 1.82) is 0 Å². The molecular formula is C73H93IN26O21. The highest BCUT2D eigenvalue weighted by molar-refractivity contribution is 14.1. The Labute approximate surface area is 705 Å². The minimum atomic E-state index is -0.959. The molecule has 47 nitrogen and oxygen atoms in total. The van der Waals surface area contributed by atoms with E-state index in [9.17, 15) is 52.7 Å². The molecule has 5 unspecified atom stereocenters. The maximum Gasteiger partial charge on any atom is 0.345 e. The minimum Gasteiger partial charge on any atom is -0.478 e. The van der Waals surface area contributed by atoms with Gasteiger partial charge in [-0.25, -0.2) is 69.8 Å². The number of carbonyl (C=O) groups is 11. The Morgan fingerprint density at radius 3 is 1.32 bits per heavy atom. The summed E-state index contributed by atoms with van der Waals surface area (Å²) in [5.41, 5.74) is 12.1. The molecule has 8 N–H and O–H groups in total. The van der Waals surface area contributed by atoms with E-state index in [0.29, 0.717) is 88.0 Å². The molecule has 16 rings (SSSR count). The van der Waals surface area contributed by atoms with Gasteiger partial charge in [0.15, 0.2) is 5.69 Å². The highest BCUT2D eigenvalue weighted by Crippen LogP contribution is 2.32. The van der Waals surface area contributed by atoms with Gasteiger partial charge in [-0.3, -0.25) is 63.2 Å². The number of aromatic nitrogens is 12. The van der Waals surface area contributed by atoms with E-state index in [1.54, 1.807) is 128 Å². The van der Waals surface area contributed by atoms with E-state index in [0.717, 1.165) is 29.3 Å². The van der Waals surface area contributed by atoms with E-state index in [4.69, 9.17) is 29.1 Å². The molecule has 121 heavy (non-hydrogen) atoms. The van der Waals surface area contributed by atoms with Crippen LogP contribution < -0.4 is 22.3 Å². The maximum atomic E-state index is 12.3. The molecule has 6 aromatic rings. The number of hydrogen-bond donors (Lipinski definition) is 7. The fraction of sp³-hybridized carbons (Fsp3) is 0.384. The Kier molecular flexibility index (Phi) is 33.6. The third-order valence-corrected chi connectivity index (χ3v) is 19.1. The van der Waals surface area contributed by atoms with E-state index in [-0.39, 0.29) is 121 Å². The van der Waals surface area contributed by atoms with Crippen molar-refractivity contribution in [1.82, 2.24) is 125 Å². The summed E-state index contributed by atoms with van der Waals surface area (Å²) in [6.07, 6.45) is 28.0. The number of aromatic amines is 2. The van der Waals surface area contributed by atoms with Crippen LogP contribution in [0.15, 0.2) is 146 Å². The third-order valence-electron chi connectivity index (χ3n) is 18.4. The number of likely N-dealkylation sites (N-methyl/N-ethyl adjacent to an activating group) is 2. The van der Waals surface area contributed by atoms with Crippen LogP contribution in [0.25, 0.3) is 22.8 Å². The maximum absolute atomic E-state index is 12.3. The van der Waals surface area contributed by atoms with Crippen LogP contribution in [0.2, 0.25) is 0 Å². The number of H-pyrrole nitrogens is 2. The topological polar surface area (TPSA) is 514 Å². The van der Waals surface area contributed by atoms with Crippen molar-refractivity contribution in [2.45, 2.75) is 30.2 Å². The number of methoxy groups -OCH3 is 2. The Bertz CT molecular complexity index is 4840. The molecule has 10 aliphatic rings. The summed E-state index contributed by atoms with van der Waals surface area (Å²) in [4.78, 5) is 174. The van der Waals surface area contributed by atoms with Gasteiger partial charge in [0.05, 0.1) is 182 Å². The monoisotopic (exact) mass is 1800 g/mol. The number of carboxylic acid groups (broad SMARTS) is 1. The molecule has 0 aromatic carbocycles. The van der Waals surface area contributed by atoms with Gasteiger partial charge < -0.3 is 53.7 Å². The lowest BCUT2D eigenvalue weighted by atomic mass is 10.1. The van der Waals surface area contributed by atoms with Crippen LogP contribution in [-0.4, -0.2) is 365 Å². The number of ketones is 2. The summed E-state index contributed by atoms with van der Waals surface area (Å²) in [6.45, 7) is 17.3. The quantitative estimate of drug-likeness (QED) is 0.0177. The van der Waals surface area contributed by atoms with Crippen LogP contribution in [0.3, 0.4) is 0 Å². The smallest absolute Gasteiger partial charge is 0.345 e. The molecule has 48 heteroatoms. The summed E-state index contributed by atoms with van der Waals surface area (Å²) >= 11 is 2.25. The van der Waals surface area contributed by atoms with E-state index in [2.05, 4.69) is 131 Å². The number of hydrogen-bond acceptors (Lipinski definition) is 27. The van der Waals surface area contributed by atoms with Crippen LogP contribution in [0.1, 0.15) is 62.5 Å². The molecular weight excluding hydrogens is 1700 g/mol. The van der Waals surface area contributed by atoms with Gasteiger partial charge in [0.2, 0.25) is 11.6 Å². The van der Waals surface area contributed by atoms with Crippen molar-refractivity contribution in [2.75, 3.05) is 155 Å². The number of fused-ring (bicyclic) bond motifs is 10. The van der Waals surface area contributed by atoms with Gasteiger partial charge in [-0.2, -0.15) is 45.8 Å². The Morgan fingerprint density at radius 2 is 0.901 bits per heavy atom. The second-order valence-corrected chi connectivity index (χ2v) is 27.9. The van der Waals surface area contributed by atoms with Crippen LogP contribution in [0.4, 0.5) is 24.0 Å². The summed E-state index contributed by atoms with van der Waals surface area (Å²) in [6, 6.07) is 4.30. The first kappa shape index (κ1) is 92.0. The standard InChI is InChI=1S/C15H18N4O4.C14H17N5O4.C13H16N4O3.C12H15N5O3.C9H11IN2O2.C5H7N3O2.C4H4N2O2.CH5NO/c1-3-6-23-19-12-7-11(8-17(9-12)15(19)21)18-13(4-5-16-18)14(20)10-22-2;1-3-4-23-19-12-5-11(8-17(9-12)14(19)21)18-7-10(6-15-18)13(20)16-22-2;1-15-9-5-10(7-16(6-9)13(15)19)17-11(3-4-14-17)12(18)8-20-2;1-15-8-5-9(7-16(6-8)12(15)19)17-4-3-10(13-17)11(18)14-20-2;1-2-3-14-12-8-4-7(10)5-11(6-8)9(12)13;1-10-8-5(9)4-2-6-7-3-4;7-4(8)3-1-5-6-2-3;1-3-2/h3-5,7,12H,1,6,8-10H2,2H3;3,5-7,12H,1,4,8-9H2,2H3,(H,16,20);3-5,9H,6-8H2,1-2H3;3-5,8H,6-7H2,1-2H3,(H,14,18);2,4,8H,1,3,5-6H2;2-3H,1H3,(H,6,7)(H,8,9);1-2H,(H,5,6)(H,7,8);2H2,1H3. The number of carbonyl (C=O) groups excluding carboxylic acids is 10. The van der Waals surface area contributed by atoms with Crippen LogP contribution >= 0.6 is 22.6 Å². The lowest BCUT2D eigenvalue weighted by Crippen LogP contribution is -2.33. The predicted molar refractivity (Wildman–Crippen MR) is 433 cm³/mol. The number of amides is 13. The van der Waals surface area contributed by atoms with Crippen molar-refractivity contribution < 1.29 is 101 Å². The number of halogens is 1. The number of urea groups is 5. The van der Waals surface area contributed by atoms with Crippen LogP contribution in [0, 0.1) is 0 Å². The van der Waals surface area contributed by atoms with Gasteiger partial charge in [-0.15, -0.1) is 19.7 Å². The van der Waals surface area contributed by atoms with Gasteiger partial charge in [0, 0.05) is 89.4 Å². The van der Waals surface area contributed by atoms with E-state index in [1.807, 2.05) is 24.3 Å². The zero-order chi connectivity index (χ0) is 87.6. The zero-order valence-electron chi connectivity index (χ0n) is 67.2. The second kappa shape index (κ2) is 44.2. The van der Waals surface area contributed by atoms with Gasteiger partial charge >= 0.3 is 36.1 Å². The molecule has 10 bridgehead atoms. The lowest BCUT2D eigenvalue weighted by Gasteiger charge is -2.22. The normalized spacial score (nSPS) is 19.0. The number of hydroxylamine groups is 9. The second-order valence-electron chi connectivity index (χ2n) is 26.6. The molecule has 10 aliphatic heterocycles. The van der Waals surface area contributed by atoms with Gasteiger partial charge in [-0.05, 0) is 71.2 Å². The molecule has 5 saturated heterocycles. The SMILES string of the molecule is C=CCON1C(=O)N2CC(I)=CC1C2.C=CCON1C(=O)N2CC(n3cc(C(=O)NOC)cn3)=CC1C2.C=CCON1C(=O)N2CC(n3nccc3C(=O)COC)=CC1C2.COCC(=O)c1ccnn1C1=CC2CN(C1)C(=O)N2C.CON.CONC(=O)c1ccn(C2=CC3CN(C2)C(=O)N3C)n1.CONC(=O)c1cn[nH]c1.O=C(O)c1cn[nH]c1. The first-order valence-corrected chi connectivity index (χ1v) is 37.7. The lowest BCUT2D eigenvalue weighted by molar-refractivity contribution is -0.107. The first-order chi connectivity index (χ1) is 58.3. The number of aromatic carboxylic acids is 1. The zero-order valence-corrected chi connectivity index (χ0v) is 69.3. The third kappa shape index (κ3) is 23.1. The molecule has 6 aromatic heterocycles. The highest BCUT2D eigenvalue weighted by Gasteiger charge is 2.45. The fourth-order valence-electron chi connectivity index (χ4n) is 13.0. The summed E-state index contributed by atoms with van der Waals surface area (Å²) in [7, 11) is 12.0. The van der Waals surface area contributed by atoms with Crippen molar-refractivity contribution in [3.63, 3.8) is 0 Å². The van der Waals surface area contributed by atoms with E-state index < -0.39 is 11.9 Å². The van der Waals surface area contributed by atoms with E-state index in [1.165, 1.54) is 92.4 Å². The highest BCUT2D eigenvalue weighted by atomic mass is 127. The number of rotatable bonds is 26. The van der Waals surface area contributed by atoms with Gasteiger partial charge in [0.25, 0.3) is 17.7 Å². The molecule has 0 saturated carbocycles. The molecule has 13 amide bonds. The molecule has 0 aliphatic carbocycles. The first-order valence-electron chi connectivity index (χ1n) is 36.7. The number of carboxylic acids is 1. The average molecular weight is 1800 g/mol. The van der Waals surface area contributed by atoms with Crippen LogP contribution in [-0.2, 0) is 43.3 Å². The molecule has 648 valence electrons.